The van der Waals surface area contributed by atoms with Gasteiger partial charge in [0.1, 0.15) is 12.4 Å². The molecular weight excluding hydrogens is 450 g/mol. The lowest BCUT2D eigenvalue weighted by Crippen LogP contribution is -2.30. The number of carboxylic acid groups (broad SMARTS) is 1. The number of H-pyrrole nitrogens is 1. The summed E-state index contributed by atoms with van der Waals surface area (Å²) in [7, 11) is 0. The second-order valence-electron chi connectivity index (χ2n) is 8.25. The molecule has 35 heavy (non-hydrogen) atoms. The zero-order valence-electron chi connectivity index (χ0n) is 19.8. The van der Waals surface area contributed by atoms with Crippen LogP contribution < -0.4 is 10.3 Å². The number of rotatable bonds is 12. The quantitative estimate of drug-likeness (QED) is 0.317. The number of carbonyl (C=O) groups is 1. The van der Waals surface area contributed by atoms with Crippen molar-refractivity contribution in [1.82, 2.24) is 34.2 Å². The monoisotopic (exact) mass is 479 g/mol. The van der Waals surface area contributed by atoms with Crippen LogP contribution >= 0.6 is 0 Å². The fraction of sp³-hybridized carbons (Fsp3) is 0.375. The highest BCUT2D eigenvalue weighted by Crippen LogP contribution is 2.16. The number of fused-ring (bicyclic) bond motifs is 1. The topological polar surface area (TPSA) is 131 Å². The van der Waals surface area contributed by atoms with Crippen LogP contribution in [-0.2, 0) is 6.54 Å². The molecule has 11 nitrogen and oxygen atoms in total. The van der Waals surface area contributed by atoms with E-state index in [0.717, 1.165) is 43.8 Å². The van der Waals surface area contributed by atoms with Crippen molar-refractivity contribution in [2.45, 2.75) is 33.2 Å². The normalized spacial score (nSPS) is 11.4. The zero-order valence-corrected chi connectivity index (χ0v) is 19.8. The third kappa shape index (κ3) is 5.75. The molecule has 0 fully saturated rings. The predicted molar refractivity (Wildman–Crippen MR) is 130 cm³/mol. The van der Waals surface area contributed by atoms with Crippen molar-refractivity contribution in [3.63, 3.8) is 0 Å². The minimum atomic E-state index is -1.11. The van der Waals surface area contributed by atoms with Gasteiger partial charge in [0.15, 0.2) is 11.2 Å². The number of carboxylic acids is 1. The molecule has 2 N–H and O–H groups in total. The van der Waals surface area contributed by atoms with Crippen LogP contribution in [0, 0.1) is 0 Å². The molecule has 11 heteroatoms. The fourth-order valence-electron chi connectivity index (χ4n) is 3.86. The van der Waals surface area contributed by atoms with Gasteiger partial charge < -0.3 is 14.4 Å². The molecule has 3 aromatic heterocycles. The summed E-state index contributed by atoms with van der Waals surface area (Å²) in [5, 5.41) is 13.1. The number of aromatic amines is 1. The number of hydrogen-bond acceptors (Lipinski definition) is 7. The highest BCUT2D eigenvalue weighted by Gasteiger charge is 2.14. The molecule has 0 saturated heterocycles. The van der Waals surface area contributed by atoms with E-state index in [1.807, 2.05) is 24.3 Å². The maximum Gasteiger partial charge on any atom is 0.338 e. The van der Waals surface area contributed by atoms with Gasteiger partial charge in [0.05, 0.1) is 24.6 Å². The van der Waals surface area contributed by atoms with Crippen LogP contribution in [-0.4, -0.2) is 71.5 Å². The summed E-state index contributed by atoms with van der Waals surface area (Å²) < 4.78 is 8.90. The molecule has 0 aliphatic heterocycles. The Balaban J connectivity index is 1.46. The Morgan fingerprint density at radius 3 is 2.54 bits per heavy atom. The molecule has 0 spiro atoms. The first kappa shape index (κ1) is 24.1. The van der Waals surface area contributed by atoms with Gasteiger partial charge in [-0.25, -0.2) is 14.5 Å². The van der Waals surface area contributed by atoms with Gasteiger partial charge in [-0.05, 0) is 43.6 Å². The Kier molecular flexibility index (Phi) is 7.56. The molecule has 0 bridgehead atoms. The van der Waals surface area contributed by atoms with E-state index in [4.69, 9.17) is 9.84 Å². The molecule has 0 amide bonds. The number of aromatic carboxylic acids is 1. The van der Waals surface area contributed by atoms with E-state index in [1.165, 1.54) is 17.1 Å². The van der Waals surface area contributed by atoms with Crippen molar-refractivity contribution < 1.29 is 14.6 Å². The van der Waals surface area contributed by atoms with Crippen molar-refractivity contribution in [2.75, 3.05) is 26.2 Å². The Morgan fingerprint density at radius 1 is 1.14 bits per heavy atom. The number of nitrogens with zero attached hydrogens (tertiary/aromatic N) is 6. The maximum absolute atomic E-state index is 12.5. The first-order chi connectivity index (χ1) is 17.0. The average molecular weight is 480 g/mol. The number of nitrogens with one attached hydrogen (secondary N) is 1. The van der Waals surface area contributed by atoms with E-state index in [0.29, 0.717) is 18.8 Å². The zero-order chi connectivity index (χ0) is 24.8. The van der Waals surface area contributed by atoms with Crippen LogP contribution in [0.1, 0.15) is 42.6 Å². The van der Waals surface area contributed by atoms with E-state index in [1.54, 1.807) is 10.9 Å². The Labute approximate surface area is 202 Å². The van der Waals surface area contributed by atoms with Crippen molar-refractivity contribution in [1.29, 1.82) is 0 Å². The van der Waals surface area contributed by atoms with Gasteiger partial charge in [0, 0.05) is 12.7 Å². The lowest BCUT2D eigenvalue weighted by atomic mass is 10.2. The van der Waals surface area contributed by atoms with Crippen molar-refractivity contribution in [3.8, 4) is 11.7 Å². The van der Waals surface area contributed by atoms with Crippen LogP contribution in [0.2, 0.25) is 0 Å². The van der Waals surface area contributed by atoms with Gasteiger partial charge in [-0.1, -0.05) is 26.0 Å². The molecule has 0 radical (unpaired) electrons. The molecule has 0 aliphatic rings. The second kappa shape index (κ2) is 11.0. The summed E-state index contributed by atoms with van der Waals surface area (Å²) in [6.45, 7) is 8.51. The highest BCUT2D eigenvalue weighted by atomic mass is 16.5. The average Bonchev–Trinajstić information content (AvgIpc) is 3.49. The highest BCUT2D eigenvalue weighted by molar-refractivity contribution is 5.86. The van der Waals surface area contributed by atoms with Gasteiger partial charge in [0.25, 0.3) is 5.56 Å². The smallest absolute Gasteiger partial charge is 0.338 e. The molecule has 3 heterocycles. The van der Waals surface area contributed by atoms with Gasteiger partial charge in [-0.15, -0.1) is 0 Å². The molecule has 4 rings (SSSR count). The lowest BCUT2D eigenvalue weighted by Gasteiger charge is -2.20. The Bertz CT molecular complexity index is 1330. The maximum atomic E-state index is 12.5. The van der Waals surface area contributed by atoms with Crippen LogP contribution in [0.15, 0.2) is 47.8 Å². The Morgan fingerprint density at radius 2 is 1.89 bits per heavy atom. The molecular formula is C24H29N7O4. The van der Waals surface area contributed by atoms with Crippen LogP contribution in [0.4, 0.5) is 0 Å². The number of hydrogen-bond donors (Lipinski definition) is 2. The summed E-state index contributed by atoms with van der Waals surface area (Å²) in [5.74, 6) is -0.195. The van der Waals surface area contributed by atoms with Gasteiger partial charge in [-0.2, -0.15) is 10.1 Å². The first-order valence-electron chi connectivity index (χ1n) is 11.7. The van der Waals surface area contributed by atoms with Gasteiger partial charge in [0.2, 0.25) is 5.95 Å². The summed E-state index contributed by atoms with van der Waals surface area (Å²) in [6.07, 6.45) is 6.30. The third-order valence-corrected chi connectivity index (χ3v) is 5.54. The number of imidazole rings is 1. The number of ether oxygens (including phenoxy) is 1. The molecule has 0 saturated carbocycles. The summed E-state index contributed by atoms with van der Waals surface area (Å²) in [6, 6.07) is 7.80. The van der Waals surface area contributed by atoms with Crippen LogP contribution in [0.25, 0.3) is 17.1 Å². The van der Waals surface area contributed by atoms with Crippen molar-refractivity contribution in [3.05, 3.63) is 64.5 Å². The van der Waals surface area contributed by atoms with E-state index in [9.17, 15) is 9.59 Å². The van der Waals surface area contributed by atoms with E-state index < -0.39 is 11.5 Å². The predicted octanol–water partition coefficient (Wildman–Crippen LogP) is 2.55. The SMILES string of the molecule is CCCN(CCC)CCOc1ccc(Cn2cnc3c(=O)[nH]c(-n4cc(C(=O)O)cn4)nc32)cc1. The molecule has 4 aromatic rings. The Hall–Kier alpha value is -3.99. The molecule has 0 unspecified atom stereocenters. The fourth-order valence-corrected chi connectivity index (χ4v) is 3.86. The van der Waals surface area contributed by atoms with Crippen molar-refractivity contribution >= 4 is 17.1 Å². The minimum absolute atomic E-state index is 0.00741. The number of benzene rings is 1. The first-order valence-corrected chi connectivity index (χ1v) is 11.7. The van der Waals surface area contributed by atoms with E-state index in [-0.39, 0.29) is 17.0 Å². The summed E-state index contributed by atoms with van der Waals surface area (Å²) >= 11 is 0. The largest absolute Gasteiger partial charge is 0.492 e. The molecule has 1 aromatic carbocycles. The standard InChI is InChI=1S/C24H29N7O4/c1-3-9-29(10-4-2)11-12-35-19-7-5-17(6-8-19)14-30-16-25-20-21(30)27-24(28-22(20)32)31-15-18(13-26-31)23(33)34/h5-8,13,15-16H,3-4,9-12,14H2,1-2H3,(H,33,34)(H,27,28,32). The van der Waals surface area contributed by atoms with Crippen LogP contribution in [0.3, 0.4) is 0 Å². The van der Waals surface area contributed by atoms with Gasteiger partial charge in [-0.3, -0.25) is 14.7 Å². The minimum Gasteiger partial charge on any atom is -0.492 e. The van der Waals surface area contributed by atoms with Gasteiger partial charge >= 0.3 is 5.97 Å². The summed E-state index contributed by atoms with van der Waals surface area (Å²) in [4.78, 5) is 37.3. The van der Waals surface area contributed by atoms with E-state index in [2.05, 4.69) is 38.8 Å². The molecule has 0 atom stereocenters. The van der Waals surface area contributed by atoms with Crippen molar-refractivity contribution in [2.24, 2.45) is 0 Å². The third-order valence-electron chi connectivity index (χ3n) is 5.54. The van der Waals surface area contributed by atoms with E-state index >= 15 is 0 Å². The summed E-state index contributed by atoms with van der Waals surface area (Å²) in [5.41, 5.74) is 1.13. The van der Waals surface area contributed by atoms with Crippen LogP contribution in [0.5, 0.6) is 5.75 Å². The molecule has 0 aliphatic carbocycles. The lowest BCUT2D eigenvalue weighted by molar-refractivity contribution is 0.0697. The molecule has 184 valence electrons. The second-order valence-corrected chi connectivity index (χ2v) is 8.25. The number of aromatic nitrogens is 6.